The molecule has 0 atom stereocenters. The largest absolute Gasteiger partial charge is 0.490 e. The van der Waals surface area contributed by atoms with Gasteiger partial charge in [0.05, 0.1) is 22.7 Å². The summed E-state index contributed by atoms with van der Waals surface area (Å²) in [5.41, 5.74) is 1.61. The molecule has 2 aromatic rings. The first-order chi connectivity index (χ1) is 13.7. The van der Waals surface area contributed by atoms with Crippen molar-refractivity contribution in [2.45, 2.75) is 27.7 Å². The summed E-state index contributed by atoms with van der Waals surface area (Å²) in [6.45, 7) is 8.75. The third-order valence-electron chi connectivity index (χ3n) is 4.75. The van der Waals surface area contributed by atoms with Crippen molar-refractivity contribution < 1.29 is 14.3 Å². The summed E-state index contributed by atoms with van der Waals surface area (Å²) in [5, 5.41) is 11.7. The van der Waals surface area contributed by atoms with E-state index in [1.165, 1.54) is 0 Å². The van der Waals surface area contributed by atoms with Crippen LogP contribution in [0.2, 0.25) is 0 Å². The highest BCUT2D eigenvalue weighted by Gasteiger charge is 2.38. The number of hydrogen-bond acceptors (Lipinski definition) is 4. The quantitative estimate of drug-likeness (QED) is 0.846. The molecule has 2 amide bonds. The van der Waals surface area contributed by atoms with Crippen molar-refractivity contribution in [3.05, 3.63) is 53.6 Å². The fourth-order valence-corrected chi connectivity index (χ4v) is 3.17. The normalized spacial score (nSPS) is 15.2. The van der Waals surface area contributed by atoms with Gasteiger partial charge in [0.2, 0.25) is 5.91 Å². The number of nitrogens with zero attached hydrogens (tertiary/aromatic N) is 2. The fourth-order valence-electron chi connectivity index (χ4n) is 3.17. The second kappa shape index (κ2) is 7.96. The van der Waals surface area contributed by atoms with Crippen LogP contribution in [0, 0.1) is 22.7 Å². The van der Waals surface area contributed by atoms with Crippen LogP contribution in [-0.4, -0.2) is 25.0 Å². The second-order valence-electron chi connectivity index (χ2n) is 8.31. The number of rotatable bonds is 4. The number of nitriles is 1. The Morgan fingerprint density at radius 2 is 1.93 bits per heavy atom. The Labute approximate surface area is 171 Å². The Balaban J connectivity index is 1.88. The van der Waals surface area contributed by atoms with Crippen LogP contribution in [0.3, 0.4) is 0 Å². The highest BCUT2D eigenvalue weighted by Crippen LogP contribution is 2.38. The van der Waals surface area contributed by atoms with Crippen LogP contribution in [0.25, 0.3) is 0 Å². The Morgan fingerprint density at radius 3 is 2.55 bits per heavy atom. The van der Waals surface area contributed by atoms with Gasteiger partial charge in [0, 0.05) is 23.9 Å². The van der Waals surface area contributed by atoms with Gasteiger partial charge in [-0.3, -0.25) is 9.59 Å². The summed E-state index contributed by atoms with van der Waals surface area (Å²) in [6, 6.07) is 13.8. The van der Waals surface area contributed by atoms with E-state index in [0.717, 1.165) is 0 Å². The monoisotopic (exact) mass is 391 g/mol. The van der Waals surface area contributed by atoms with E-state index < -0.39 is 5.41 Å². The van der Waals surface area contributed by atoms with Crippen molar-refractivity contribution in [1.29, 1.82) is 5.26 Å². The maximum Gasteiger partial charge on any atom is 0.255 e. The average molecular weight is 391 g/mol. The Bertz CT molecular complexity index is 972. The predicted octanol–water partition coefficient (Wildman–Crippen LogP) is 4.22. The highest BCUT2D eigenvalue weighted by atomic mass is 16.5. The molecule has 6 nitrogen and oxygen atoms in total. The van der Waals surface area contributed by atoms with Gasteiger partial charge in [-0.1, -0.05) is 13.8 Å². The van der Waals surface area contributed by atoms with Crippen molar-refractivity contribution in [3.8, 4) is 11.8 Å². The topological polar surface area (TPSA) is 82.4 Å². The molecule has 0 unspecified atom stereocenters. The van der Waals surface area contributed by atoms with E-state index in [0.29, 0.717) is 40.7 Å². The molecule has 6 heteroatoms. The van der Waals surface area contributed by atoms with Gasteiger partial charge in [-0.2, -0.15) is 5.26 Å². The lowest BCUT2D eigenvalue weighted by Gasteiger charge is -2.29. The number of benzene rings is 2. The minimum atomic E-state index is -0.639. The lowest BCUT2D eigenvalue weighted by molar-refractivity contribution is -0.127. The van der Waals surface area contributed by atoms with E-state index in [1.807, 2.05) is 26.0 Å². The van der Waals surface area contributed by atoms with Gasteiger partial charge < -0.3 is 15.0 Å². The van der Waals surface area contributed by atoms with E-state index in [4.69, 9.17) is 10.00 Å². The number of nitrogens with one attached hydrogen (secondary N) is 1. The van der Waals surface area contributed by atoms with E-state index >= 15 is 0 Å². The number of hydrogen-bond donors (Lipinski definition) is 1. The van der Waals surface area contributed by atoms with E-state index in [2.05, 4.69) is 19.2 Å². The highest BCUT2D eigenvalue weighted by molar-refractivity contribution is 6.05. The first-order valence-electron chi connectivity index (χ1n) is 9.61. The zero-order chi connectivity index (χ0) is 21.2. The predicted molar refractivity (Wildman–Crippen MR) is 112 cm³/mol. The molecule has 1 N–H and O–H groups in total. The molecule has 2 aromatic carbocycles. The van der Waals surface area contributed by atoms with Gasteiger partial charge in [0.15, 0.2) is 0 Å². The molecule has 150 valence electrons. The third kappa shape index (κ3) is 4.40. The first-order valence-corrected chi connectivity index (χ1v) is 9.61. The summed E-state index contributed by atoms with van der Waals surface area (Å²) < 4.78 is 5.95. The van der Waals surface area contributed by atoms with Crippen molar-refractivity contribution in [3.63, 3.8) is 0 Å². The van der Waals surface area contributed by atoms with Crippen LogP contribution in [0.4, 0.5) is 11.4 Å². The number of ether oxygens (including phenoxy) is 1. The van der Waals surface area contributed by atoms with Gasteiger partial charge >= 0.3 is 0 Å². The van der Waals surface area contributed by atoms with Crippen LogP contribution in [-0.2, 0) is 4.79 Å². The first kappa shape index (κ1) is 20.4. The Morgan fingerprint density at radius 1 is 1.24 bits per heavy atom. The SMILES string of the molecule is CC(C)CN1C(=O)C(C)(C)COc2cc(NC(=O)c3ccc(C#N)cc3)ccc21. The summed E-state index contributed by atoms with van der Waals surface area (Å²) >= 11 is 0. The Hall–Kier alpha value is -3.33. The van der Waals surface area contributed by atoms with Crippen molar-refractivity contribution in [2.24, 2.45) is 11.3 Å². The van der Waals surface area contributed by atoms with Gasteiger partial charge in [-0.25, -0.2) is 0 Å². The van der Waals surface area contributed by atoms with Gasteiger partial charge in [-0.05, 0) is 56.2 Å². The third-order valence-corrected chi connectivity index (χ3v) is 4.75. The van der Waals surface area contributed by atoms with Crippen molar-refractivity contribution >= 4 is 23.2 Å². The number of carbonyl (C=O) groups excluding carboxylic acids is 2. The lowest BCUT2D eigenvalue weighted by Crippen LogP contribution is -2.43. The van der Waals surface area contributed by atoms with Crippen LogP contribution in [0.1, 0.15) is 43.6 Å². The molecule has 29 heavy (non-hydrogen) atoms. The average Bonchev–Trinajstić information content (AvgIpc) is 2.78. The van der Waals surface area contributed by atoms with Gasteiger partial charge in [0.25, 0.3) is 5.91 Å². The Kier molecular flexibility index (Phi) is 5.60. The molecule has 1 heterocycles. The van der Waals surface area contributed by atoms with Gasteiger partial charge in [-0.15, -0.1) is 0 Å². The van der Waals surface area contributed by atoms with Crippen LogP contribution in [0.15, 0.2) is 42.5 Å². The maximum absolute atomic E-state index is 13.0. The number of fused-ring (bicyclic) bond motifs is 1. The molecule has 0 fully saturated rings. The molecule has 1 aliphatic rings. The van der Waals surface area contributed by atoms with Gasteiger partial charge in [0.1, 0.15) is 12.4 Å². The molecule has 3 rings (SSSR count). The van der Waals surface area contributed by atoms with Crippen molar-refractivity contribution in [2.75, 3.05) is 23.4 Å². The van der Waals surface area contributed by atoms with Crippen LogP contribution < -0.4 is 15.0 Å². The molecule has 0 aliphatic carbocycles. The zero-order valence-corrected chi connectivity index (χ0v) is 17.2. The van der Waals surface area contributed by atoms with Crippen LogP contribution in [0.5, 0.6) is 5.75 Å². The smallest absolute Gasteiger partial charge is 0.255 e. The molecule has 0 saturated heterocycles. The molecule has 0 radical (unpaired) electrons. The van der Waals surface area contributed by atoms with Crippen LogP contribution >= 0.6 is 0 Å². The molecular weight excluding hydrogens is 366 g/mol. The summed E-state index contributed by atoms with van der Waals surface area (Å²) in [6.07, 6.45) is 0. The summed E-state index contributed by atoms with van der Waals surface area (Å²) in [7, 11) is 0. The molecule has 1 aliphatic heterocycles. The number of anilines is 2. The van der Waals surface area contributed by atoms with E-state index in [-0.39, 0.29) is 18.4 Å². The summed E-state index contributed by atoms with van der Waals surface area (Å²) in [4.78, 5) is 27.3. The van der Waals surface area contributed by atoms with Crippen molar-refractivity contribution in [1.82, 2.24) is 0 Å². The molecular formula is C23H25N3O3. The molecule has 0 saturated carbocycles. The minimum Gasteiger partial charge on any atom is -0.490 e. The summed E-state index contributed by atoms with van der Waals surface area (Å²) in [5.74, 6) is 0.622. The number of amides is 2. The van der Waals surface area contributed by atoms with E-state index in [1.54, 1.807) is 41.3 Å². The standard InChI is InChI=1S/C23H25N3O3/c1-15(2)13-26-19-10-9-18(11-20(19)29-14-23(3,4)22(26)28)25-21(27)17-7-5-16(12-24)6-8-17/h5-11,15H,13-14H2,1-4H3,(H,25,27). The molecule has 0 bridgehead atoms. The zero-order valence-electron chi connectivity index (χ0n) is 17.2. The van der Waals surface area contributed by atoms with E-state index in [9.17, 15) is 9.59 Å². The lowest BCUT2D eigenvalue weighted by atomic mass is 9.92. The molecule has 0 aromatic heterocycles. The fraction of sp³-hybridized carbons (Fsp3) is 0.348. The minimum absolute atomic E-state index is 0.0271. The second-order valence-corrected chi connectivity index (χ2v) is 8.31. The molecule has 0 spiro atoms. The maximum atomic E-state index is 13.0. The number of carbonyl (C=O) groups is 2.